The summed E-state index contributed by atoms with van der Waals surface area (Å²) in [5.74, 6) is 0. The van der Waals surface area contributed by atoms with Crippen LogP contribution in [0.2, 0.25) is 0 Å². The van der Waals surface area contributed by atoms with Gasteiger partial charge in [-0.25, -0.2) is 15.0 Å². The van der Waals surface area contributed by atoms with Crippen molar-refractivity contribution in [3.63, 3.8) is 0 Å². The molecule has 16 bridgehead atoms. The van der Waals surface area contributed by atoms with Gasteiger partial charge in [-0.1, -0.05) is 309 Å². The van der Waals surface area contributed by atoms with E-state index in [-0.39, 0.29) is 24.2 Å². The lowest BCUT2D eigenvalue weighted by Gasteiger charge is -2.23. The highest BCUT2D eigenvalue weighted by Gasteiger charge is 2.38. The van der Waals surface area contributed by atoms with Crippen molar-refractivity contribution in [2.24, 2.45) is 20.0 Å². The molecule has 0 aliphatic carbocycles. The number of nitrogens with one attached hydrogen (secondary N) is 4. The zero-order valence-electron chi connectivity index (χ0n) is 74.9. The maximum Gasteiger partial charge on any atom is 0.0967 e. The summed E-state index contributed by atoms with van der Waals surface area (Å²) in [6, 6.07) is 136. The first kappa shape index (κ1) is 79.0. The number of fused-ring (bicyclic) bond motifs is 21. The van der Waals surface area contributed by atoms with Crippen molar-refractivity contribution in [2.45, 2.75) is 37.6 Å². The lowest BCUT2D eigenvalue weighted by molar-refractivity contribution is 0.827. The number of nitrogens with zero attached hydrogens (tertiary/aromatic N) is 7. The van der Waals surface area contributed by atoms with E-state index in [1.54, 1.807) is 0 Å². The van der Waals surface area contributed by atoms with Crippen LogP contribution in [0, 0.1) is 0 Å². The molecule has 4 aromatic heterocycles. The van der Waals surface area contributed by atoms with Gasteiger partial charge in [0, 0.05) is 139 Å². The van der Waals surface area contributed by atoms with Crippen molar-refractivity contribution in [3.8, 4) is 11.4 Å². The number of aromatic nitrogens is 4. The van der Waals surface area contributed by atoms with Crippen LogP contribution in [-0.2, 0) is 6.54 Å². The van der Waals surface area contributed by atoms with Crippen molar-refractivity contribution in [2.75, 3.05) is 0 Å². The Hall–Kier alpha value is -17.8. The first-order chi connectivity index (χ1) is 67.9. The van der Waals surface area contributed by atoms with E-state index in [1.807, 2.05) is 0 Å². The highest BCUT2D eigenvalue weighted by atomic mass is 15.0. The van der Waals surface area contributed by atoms with Crippen LogP contribution >= 0.6 is 0 Å². The van der Waals surface area contributed by atoms with Crippen molar-refractivity contribution >= 4 is 144 Å². The van der Waals surface area contributed by atoms with Gasteiger partial charge < -0.3 is 34.6 Å². The molecular weight excluding hydrogens is 1670 g/mol. The van der Waals surface area contributed by atoms with Crippen LogP contribution in [0.25, 0.3) is 133 Å². The zero-order valence-corrected chi connectivity index (χ0v) is 74.9. The number of hydrogen-bond donors (Lipinski definition) is 4. The summed E-state index contributed by atoms with van der Waals surface area (Å²) in [6.07, 6.45) is 27.2. The van der Waals surface area contributed by atoms with Crippen molar-refractivity contribution < 1.29 is 0 Å². The number of aliphatic imine (C=N–C) groups is 4. The van der Waals surface area contributed by atoms with E-state index < -0.39 is 0 Å². The van der Waals surface area contributed by atoms with Crippen LogP contribution < -0.4 is 26.6 Å². The molecule has 0 fully saturated rings. The lowest BCUT2D eigenvalue weighted by Crippen LogP contribution is -2.27. The predicted octanol–water partition coefficient (Wildman–Crippen LogP) is 25.6. The molecule has 9 aliphatic heterocycles. The topological polar surface area (TPSA) is 116 Å². The van der Waals surface area contributed by atoms with Gasteiger partial charge in [-0.05, 0) is 208 Å². The summed E-state index contributed by atoms with van der Waals surface area (Å²) in [5, 5.41) is 21.4. The third-order valence-corrected chi connectivity index (χ3v) is 28.5. The molecule has 9 aliphatic rings. The molecule has 0 radical (unpaired) electrons. The first-order valence-corrected chi connectivity index (χ1v) is 47.3. The molecule has 4 N–H and O–H groups in total. The molecule has 0 spiro atoms. The van der Waals surface area contributed by atoms with Gasteiger partial charge in [0.15, 0.2) is 0 Å². The fraction of sp³-hybridized carbons (Fsp3) is 0.0476. The molecule has 137 heavy (non-hydrogen) atoms. The molecule has 11 nitrogen and oxygen atoms in total. The molecule has 0 saturated carbocycles. The number of hydrogen-bond acceptors (Lipinski definition) is 7. The molecule has 0 amide bonds. The van der Waals surface area contributed by atoms with E-state index in [0.717, 1.165) is 241 Å². The fourth-order valence-corrected chi connectivity index (χ4v) is 22.5. The van der Waals surface area contributed by atoms with E-state index in [9.17, 15) is 0 Å². The van der Waals surface area contributed by atoms with Crippen molar-refractivity contribution in [3.05, 3.63) is 550 Å². The molecule has 0 saturated heterocycles. The van der Waals surface area contributed by atoms with Crippen LogP contribution in [-0.4, -0.2) is 65.7 Å². The minimum Gasteiger partial charge on any atom is -0.374 e. The summed E-state index contributed by atoms with van der Waals surface area (Å²) in [6.45, 7) is 3.06. The third kappa shape index (κ3) is 13.2. The number of rotatable bonds is 13. The Labute approximate surface area is 791 Å². The highest BCUT2D eigenvalue weighted by Crippen LogP contribution is 2.49. The van der Waals surface area contributed by atoms with Gasteiger partial charge in [-0.2, -0.15) is 0 Å². The van der Waals surface area contributed by atoms with E-state index in [2.05, 4.69) is 491 Å². The van der Waals surface area contributed by atoms with Gasteiger partial charge in [0.2, 0.25) is 0 Å². The van der Waals surface area contributed by atoms with Crippen molar-refractivity contribution in [1.82, 2.24) is 34.6 Å². The number of H-pyrrole nitrogens is 1. The maximum absolute atomic E-state index is 6.04. The maximum atomic E-state index is 6.04. The Bertz CT molecular complexity index is 8950. The van der Waals surface area contributed by atoms with Crippen LogP contribution in [0.3, 0.4) is 0 Å². The van der Waals surface area contributed by atoms with Gasteiger partial charge in [0.25, 0.3) is 0 Å². The molecule has 13 heterocycles. The summed E-state index contributed by atoms with van der Waals surface area (Å²) in [7, 11) is 0. The molecule has 11 heteroatoms. The zero-order chi connectivity index (χ0) is 90.3. The lowest BCUT2D eigenvalue weighted by atomic mass is 9.88. The molecule has 646 valence electrons. The Morgan fingerprint density at radius 2 is 0.693 bits per heavy atom. The van der Waals surface area contributed by atoms with Gasteiger partial charge in [0.1, 0.15) is 0 Å². The minimum absolute atomic E-state index is 0.214. The Morgan fingerprint density at radius 3 is 1.23 bits per heavy atom. The van der Waals surface area contributed by atoms with E-state index in [1.165, 1.54) is 21.8 Å². The highest BCUT2D eigenvalue weighted by molar-refractivity contribution is 6.37. The Kier molecular flexibility index (Phi) is 18.6. The van der Waals surface area contributed by atoms with Gasteiger partial charge in [0.05, 0.1) is 86.2 Å². The number of allylic oxidation sites excluding steroid dienone is 13. The predicted molar refractivity (Wildman–Crippen MR) is 568 cm³/mol. The summed E-state index contributed by atoms with van der Waals surface area (Å²) < 4.78 is 7.44. The monoisotopic (exact) mass is 1750 g/mol. The average molecular weight is 1760 g/mol. The second-order valence-corrected chi connectivity index (χ2v) is 36.2. The quantitative estimate of drug-likeness (QED) is 0.0921. The normalized spacial score (nSPS) is 22.2. The van der Waals surface area contributed by atoms with Crippen LogP contribution in [0.1, 0.15) is 62.6 Å². The van der Waals surface area contributed by atoms with Gasteiger partial charge in [-0.15, -0.1) is 0 Å². The Morgan fingerprint density at radius 1 is 0.277 bits per heavy atom. The first-order valence-electron chi connectivity index (χ1n) is 47.3. The fourth-order valence-electron chi connectivity index (χ4n) is 22.5. The van der Waals surface area contributed by atoms with E-state index in [0.29, 0.717) is 0 Å². The Balaban J connectivity index is 0.606. The van der Waals surface area contributed by atoms with Crippen molar-refractivity contribution in [1.29, 1.82) is 0 Å². The second kappa shape index (κ2) is 32.3. The third-order valence-electron chi connectivity index (χ3n) is 28.5. The molecule has 27 rings (SSSR count). The van der Waals surface area contributed by atoms with Gasteiger partial charge in [-0.3, -0.25) is 4.99 Å². The summed E-state index contributed by atoms with van der Waals surface area (Å²) in [4.78, 5) is 27.2. The smallest absolute Gasteiger partial charge is 0.0967 e. The summed E-state index contributed by atoms with van der Waals surface area (Å²) >= 11 is 0. The van der Waals surface area contributed by atoms with Crippen LogP contribution in [0.5, 0.6) is 0 Å². The van der Waals surface area contributed by atoms with Crippen LogP contribution in [0.4, 0.5) is 0 Å². The molecule has 4 atom stereocenters. The SMILES string of the molecule is CCn1c2ccc(-n3c4ccccc4c4cc(C5=CC6=NC/5=C(/c5ccccc5)C5C=C/C(=C(\c7ccccc7)C7=N/C(=C(/c8ccccc8)C8C=C/C(=C/6c6ccccc6)N8)C=C7)N5)ccc43)cc2c2cc(-n3c4ccccc4c4cc(C5=C/C6=C(\c7ccccc7)C7=NC(C=C7)/C(c7ccccc7)=c7/cc/c([nH]7)=C(\c7ccccc7)C7=N/C(=C(/c8ccccc8)C5N6)C=C7)ccc43)ccc21. The molecule has 4 unspecified atom stereocenters. The van der Waals surface area contributed by atoms with Gasteiger partial charge >= 0.3 is 0 Å². The molecular formula is C126H87N11. The standard InChI is InChI=1S/C126H87N11/c1-2-135-111-69-53-87(136-113-49-29-27-47-89(113)93-71-85(51-67-115(93)136)91-75-109-121(81-39-19-7-20-40-81)105-61-59-101(129-105)117(77-31-11-3-12-32-77)97-55-57-99(127-97)119(79-35-15-5-16-36-79)103-63-65-107(131-103)123(125(91)133-109)83-43-23-9-24-44-83)73-95(111)96-74-88(54-70-112(96)135)137-114-50-30-28-48-90(114)94-72-86(52-68-116(94)137)92-76-110-122(82-41-21-8-22-42-82)106-62-60-102(130-106)118(78-33-13-4-14-34-78)98-56-58-100(128-98)120(80-37-17-6-18-38-80)104-64-66-108(132-104)124(126(92)134-110)84-45-25-10-26-46-84/h3-76,101-102,107,126,128-129,131,134H,2H2,1H3/b117-97-,118-98-,119-103-,120-100-,121-105-,122-110-,124-108-,125-123-. The average Bonchev–Trinajstić information content (AvgIpc) is 1.56. The summed E-state index contributed by atoms with van der Waals surface area (Å²) in [5.41, 5.74) is 39.5. The second-order valence-electron chi connectivity index (χ2n) is 36.2. The molecule has 14 aromatic carbocycles. The number of aromatic amines is 1. The largest absolute Gasteiger partial charge is 0.374 e. The number of para-hydroxylation sites is 2. The van der Waals surface area contributed by atoms with E-state index in [4.69, 9.17) is 20.0 Å². The van der Waals surface area contributed by atoms with Crippen LogP contribution in [0.15, 0.2) is 503 Å². The number of aryl methyl sites for hydroxylation is 1. The molecule has 18 aromatic rings. The minimum atomic E-state index is -0.376. The van der Waals surface area contributed by atoms with E-state index >= 15 is 0 Å². The number of benzene rings is 14.